The summed E-state index contributed by atoms with van der Waals surface area (Å²) < 4.78 is 27.7. The number of nitrogens with two attached hydrogens (primary N) is 1. The van der Waals surface area contributed by atoms with Gasteiger partial charge < -0.3 is 25.2 Å². The molecule has 0 bridgehead atoms. The fraction of sp³-hybridized carbons (Fsp3) is 0.385. The maximum Gasteiger partial charge on any atom is 0.257 e. The van der Waals surface area contributed by atoms with E-state index in [0.717, 1.165) is 47.5 Å². The van der Waals surface area contributed by atoms with Crippen LogP contribution < -0.4 is 20.1 Å². The van der Waals surface area contributed by atoms with Gasteiger partial charge in [-0.2, -0.15) is 14.6 Å². The fourth-order valence-electron chi connectivity index (χ4n) is 4.27. The number of hydrogen-bond donors (Lipinski definition) is 2. The summed E-state index contributed by atoms with van der Waals surface area (Å²) in [5.74, 6) is 0.667. The van der Waals surface area contributed by atoms with Gasteiger partial charge in [0.05, 0.1) is 23.2 Å². The molecule has 37 heavy (non-hydrogen) atoms. The van der Waals surface area contributed by atoms with Crippen molar-refractivity contribution in [3.63, 3.8) is 0 Å². The Kier molecular flexibility index (Phi) is 6.55. The van der Waals surface area contributed by atoms with Crippen molar-refractivity contribution >= 4 is 17.0 Å². The molecule has 0 radical (unpaired) electrons. The van der Waals surface area contributed by atoms with Crippen LogP contribution in [0.1, 0.15) is 32.4 Å². The Morgan fingerprint density at radius 2 is 1.92 bits per heavy atom. The molecule has 0 aliphatic carbocycles. The first-order valence-corrected chi connectivity index (χ1v) is 12.2. The molecule has 5 rings (SSSR count). The first-order chi connectivity index (χ1) is 17.7. The predicted octanol–water partition coefficient (Wildman–Crippen LogP) is 3.41. The standard InChI is InChI=1S/C26H30FN7O3/c1-16-4-7-23(32-31-16)37-18-8-10-33(11-9-18)22-6-5-17(13-29-22)19-12-21(36-15-26(2,3)35)25(27)34-24(19)20(28)14-30-34/h4-7,12-14,18,35H,8-11,15,28H2,1-3H3. The Balaban J connectivity index is 1.32. The second kappa shape index (κ2) is 9.81. The van der Waals surface area contributed by atoms with Crippen LogP contribution in [0.25, 0.3) is 16.6 Å². The van der Waals surface area contributed by atoms with Crippen molar-refractivity contribution in [1.29, 1.82) is 0 Å². The summed E-state index contributed by atoms with van der Waals surface area (Å²) in [5, 5.41) is 22.2. The van der Waals surface area contributed by atoms with Crippen LogP contribution in [0.2, 0.25) is 0 Å². The van der Waals surface area contributed by atoms with Gasteiger partial charge in [-0.3, -0.25) is 0 Å². The summed E-state index contributed by atoms with van der Waals surface area (Å²) in [6, 6.07) is 9.16. The van der Waals surface area contributed by atoms with Crippen LogP contribution in [0, 0.1) is 12.9 Å². The molecule has 0 unspecified atom stereocenters. The van der Waals surface area contributed by atoms with E-state index in [1.807, 2.05) is 31.2 Å². The van der Waals surface area contributed by atoms with Crippen LogP contribution >= 0.6 is 0 Å². The lowest BCUT2D eigenvalue weighted by molar-refractivity contribution is 0.0267. The van der Waals surface area contributed by atoms with Gasteiger partial charge in [-0.05, 0) is 45.0 Å². The van der Waals surface area contributed by atoms with Crippen LogP contribution in [0.5, 0.6) is 11.6 Å². The van der Waals surface area contributed by atoms with E-state index in [4.69, 9.17) is 15.2 Å². The Bertz CT molecular complexity index is 1380. The molecule has 0 amide bonds. The van der Waals surface area contributed by atoms with Crippen LogP contribution in [0.15, 0.2) is 42.7 Å². The van der Waals surface area contributed by atoms with E-state index in [9.17, 15) is 5.11 Å². The summed E-state index contributed by atoms with van der Waals surface area (Å²) in [7, 11) is 0. The molecule has 0 saturated carbocycles. The highest BCUT2D eigenvalue weighted by Crippen LogP contribution is 2.34. The Morgan fingerprint density at radius 1 is 1.14 bits per heavy atom. The van der Waals surface area contributed by atoms with E-state index >= 15 is 4.39 Å². The molecule has 1 fully saturated rings. The van der Waals surface area contributed by atoms with Crippen LogP contribution in [-0.2, 0) is 0 Å². The number of aromatic nitrogens is 5. The molecule has 3 N–H and O–H groups in total. The molecule has 10 nitrogen and oxygen atoms in total. The van der Waals surface area contributed by atoms with E-state index in [0.29, 0.717) is 22.6 Å². The second-order valence-corrected chi connectivity index (χ2v) is 9.90. The Morgan fingerprint density at radius 3 is 2.57 bits per heavy atom. The number of halogens is 1. The van der Waals surface area contributed by atoms with Gasteiger partial charge in [0.15, 0.2) is 5.75 Å². The number of pyridine rings is 2. The number of anilines is 2. The normalized spacial score (nSPS) is 14.8. The topological polar surface area (TPSA) is 124 Å². The first kappa shape index (κ1) is 24.7. The third-order valence-electron chi connectivity index (χ3n) is 6.18. The lowest BCUT2D eigenvalue weighted by Gasteiger charge is -2.32. The number of rotatable bonds is 7. The number of hydrogen-bond acceptors (Lipinski definition) is 9. The van der Waals surface area contributed by atoms with E-state index < -0.39 is 11.5 Å². The number of aryl methyl sites for hydroxylation is 1. The average molecular weight is 508 g/mol. The molecule has 0 aromatic carbocycles. The molecule has 5 heterocycles. The van der Waals surface area contributed by atoms with Crippen molar-refractivity contribution in [1.82, 2.24) is 24.8 Å². The molecule has 194 valence electrons. The molecular formula is C26H30FN7O3. The van der Waals surface area contributed by atoms with Crippen molar-refractivity contribution in [3.05, 3.63) is 54.4 Å². The number of fused-ring (bicyclic) bond motifs is 1. The summed E-state index contributed by atoms with van der Waals surface area (Å²) in [6.45, 7) is 6.57. The summed E-state index contributed by atoms with van der Waals surface area (Å²) in [4.78, 5) is 6.88. The molecule has 0 atom stereocenters. The number of nitrogens with zero attached hydrogens (tertiary/aromatic N) is 6. The zero-order valence-electron chi connectivity index (χ0n) is 21.1. The minimum absolute atomic E-state index is 0.0304. The summed E-state index contributed by atoms with van der Waals surface area (Å²) >= 11 is 0. The molecule has 1 saturated heterocycles. The van der Waals surface area contributed by atoms with E-state index in [2.05, 4.69) is 25.2 Å². The van der Waals surface area contributed by atoms with Gasteiger partial charge in [0.2, 0.25) is 5.88 Å². The van der Waals surface area contributed by atoms with Crippen molar-refractivity contribution < 1.29 is 19.0 Å². The highest BCUT2D eigenvalue weighted by atomic mass is 19.1. The minimum atomic E-state index is -1.13. The smallest absolute Gasteiger partial charge is 0.257 e. The van der Waals surface area contributed by atoms with Crippen molar-refractivity contribution in [2.45, 2.75) is 45.3 Å². The van der Waals surface area contributed by atoms with Crippen molar-refractivity contribution in [2.75, 3.05) is 30.3 Å². The third kappa shape index (κ3) is 5.41. The highest BCUT2D eigenvalue weighted by molar-refractivity contribution is 5.89. The van der Waals surface area contributed by atoms with Crippen molar-refractivity contribution in [3.8, 4) is 22.8 Å². The largest absolute Gasteiger partial charge is 0.486 e. The van der Waals surface area contributed by atoms with E-state index in [-0.39, 0.29) is 18.5 Å². The first-order valence-electron chi connectivity index (χ1n) is 12.2. The van der Waals surface area contributed by atoms with Gasteiger partial charge in [0, 0.05) is 49.3 Å². The zero-order valence-corrected chi connectivity index (χ0v) is 21.1. The average Bonchev–Trinajstić information content (AvgIpc) is 3.27. The minimum Gasteiger partial charge on any atom is -0.486 e. The fourth-order valence-corrected chi connectivity index (χ4v) is 4.27. The number of ether oxygens (including phenoxy) is 2. The maximum absolute atomic E-state index is 15.0. The SMILES string of the molecule is Cc1ccc(OC2CCN(c3ccc(-c4cc(OCC(C)(C)O)c(F)n5ncc(N)c45)cn3)CC2)nn1. The predicted molar refractivity (Wildman–Crippen MR) is 137 cm³/mol. The van der Waals surface area contributed by atoms with Gasteiger partial charge in [-0.25, -0.2) is 9.50 Å². The van der Waals surface area contributed by atoms with Crippen LogP contribution in [0.4, 0.5) is 15.9 Å². The van der Waals surface area contributed by atoms with Gasteiger partial charge >= 0.3 is 0 Å². The summed E-state index contributed by atoms with van der Waals surface area (Å²) in [5.41, 5.74) is 7.99. The molecular weight excluding hydrogens is 477 g/mol. The Hall–Kier alpha value is -3.99. The Labute approximate surface area is 213 Å². The quantitative estimate of drug-likeness (QED) is 0.362. The third-order valence-corrected chi connectivity index (χ3v) is 6.18. The molecule has 0 spiro atoms. The zero-order chi connectivity index (χ0) is 26.2. The van der Waals surface area contributed by atoms with E-state index in [1.54, 1.807) is 26.1 Å². The second-order valence-electron chi connectivity index (χ2n) is 9.90. The van der Waals surface area contributed by atoms with Crippen LogP contribution in [-0.4, -0.2) is 61.3 Å². The number of piperidine rings is 1. The number of nitrogen functional groups attached to an aromatic ring is 1. The van der Waals surface area contributed by atoms with Crippen LogP contribution in [0.3, 0.4) is 0 Å². The molecule has 4 aromatic rings. The van der Waals surface area contributed by atoms with Gasteiger partial charge in [0.25, 0.3) is 5.95 Å². The molecule has 1 aliphatic heterocycles. The number of aliphatic hydroxyl groups is 1. The molecule has 11 heteroatoms. The monoisotopic (exact) mass is 507 g/mol. The van der Waals surface area contributed by atoms with Crippen molar-refractivity contribution in [2.24, 2.45) is 0 Å². The van der Waals surface area contributed by atoms with Gasteiger partial charge in [-0.15, -0.1) is 5.10 Å². The lowest BCUT2D eigenvalue weighted by Crippen LogP contribution is -2.38. The lowest BCUT2D eigenvalue weighted by atomic mass is 10.1. The highest BCUT2D eigenvalue weighted by Gasteiger charge is 2.23. The molecule has 4 aromatic heterocycles. The maximum atomic E-state index is 15.0. The molecule has 1 aliphatic rings. The summed E-state index contributed by atoms with van der Waals surface area (Å²) in [6.07, 6.45) is 4.89. The van der Waals surface area contributed by atoms with Gasteiger partial charge in [-0.1, -0.05) is 0 Å². The van der Waals surface area contributed by atoms with Gasteiger partial charge in [0.1, 0.15) is 24.0 Å². The van der Waals surface area contributed by atoms with E-state index in [1.165, 1.54) is 6.20 Å².